The molecule has 1 aromatic carbocycles. The van der Waals surface area contributed by atoms with E-state index < -0.39 is 0 Å². The highest BCUT2D eigenvalue weighted by Gasteiger charge is 2.27. The number of benzene rings is 1. The molecule has 0 N–H and O–H groups in total. The standard InChI is InChI=1S/C21H23N3O2/c1-15-8-13-24(16(2)18-6-4-3-5-7-18)21(26)19(15)20(25)23-11-9-17(14-22)10-12-23/h3-8,13,16-17H,9-12H2,1-2H3. The van der Waals surface area contributed by atoms with Crippen LogP contribution < -0.4 is 5.56 Å². The molecule has 5 heteroatoms. The zero-order valence-electron chi connectivity index (χ0n) is 15.2. The Hall–Kier alpha value is -2.87. The van der Waals surface area contributed by atoms with E-state index in [0.29, 0.717) is 31.5 Å². The van der Waals surface area contributed by atoms with Gasteiger partial charge in [-0.3, -0.25) is 9.59 Å². The molecule has 1 unspecified atom stereocenters. The van der Waals surface area contributed by atoms with E-state index in [-0.39, 0.29) is 29.0 Å². The normalized spacial score (nSPS) is 16.1. The van der Waals surface area contributed by atoms with Crippen molar-refractivity contribution in [3.63, 3.8) is 0 Å². The number of nitriles is 1. The van der Waals surface area contributed by atoms with E-state index >= 15 is 0 Å². The maximum Gasteiger partial charge on any atom is 0.264 e. The predicted molar refractivity (Wildman–Crippen MR) is 99.9 cm³/mol. The third kappa shape index (κ3) is 3.41. The molecule has 1 aliphatic heterocycles. The average Bonchev–Trinajstić information content (AvgIpc) is 2.68. The Morgan fingerprint density at radius 3 is 2.46 bits per heavy atom. The Morgan fingerprint density at radius 2 is 1.85 bits per heavy atom. The molecule has 0 radical (unpaired) electrons. The second-order valence-corrected chi connectivity index (χ2v) is 6.87. The van der Waals surface area contributed by atoms with Crippen LogP contribution in [0.1, 0.15) is 47.3 Å². The summed E-state index contributed by atoms with van der Waals surface area (Å²) in [5.74, 6) is -0.218. The van der Waals surface area contributed by atoms with Crippen LogP contribution in [0, 0.1) is 24.2 Å². The molecular weight excluding hydrogens is 326 g/mol. The lowest BCUT2D eigenvalue weighted by molar-refractivity contribution is 0.0704. The number of carbonyl (C=O) groups excluding carboxylic acids is 1. The first kappa shape index (κ1) is 17.9. The molecule has 0 aliphatic carbocycles. The van der Waals surface area contributed by atoms with Gasteiger partial charge in [0.15, 0.2) is 0 Å². The van der Waals surface area contributed by atoms with E-state index in [1.54, 1.807) is 22.6 Å². The number of aromatic nitrogens is 1. The highest BCUT2D eigenvalue weighted by Crippen LogP contribution is 2.20. The third-order valence-corrected chi connectivity index (χ3v) is 5.21. The summed E-state index contributed by atoms with van der Waals surface area (Å²) >= 11 is 0. The van der Waals surface area contributed by atoms with Crippen molar-refractivity contribution in [1.29, 1.82) is 5.26 Å². The Balaban J connectivity index is 1.92. The maximum atomic E-state index is 13.1. The van der Waals surface area contributed by atoms with E-state index in [2.05, 4.69) is 6.07 Å². The minimum atomic E-state index is -0.256. The largest absolute Gasteiger partial charge is 0.338 e. The number of likely N-dealkylation sites (tertiary alicyclic amines) is 1. The molecule has 2 aromatic rings. The molecule has 1 aromatic heterocycles. The third-order valence-electron chi connectivity index (χ3n) is 5.21. The van der Waals surface area contributed by atoms with Crippen molar-refractivity contribution in [1.82, 2.24) is 9.47 Å². The molecule has 0 spiro atoms. The number of piperidine rings is 1. The Bertz CT molecular complexity index is 888. The first-order valence-electron chi connectivity index (χ1n) is 8.98. The monoisotopic (exact) mass is 349 g/mol. The van der Waals surface area contributed by atoms with Gasteiger partial charge < -0.3 is 9.47 Å². The van der Waals surface area contributed by atoms with Crippen LogP contribution in [0.25, 0.3) is 0 Å². The molecule has 1 atom stereocenters. The van der Waals surface area contributed by atoms with Gasteiger partial charge in [0.2, 0.25) is 0 Å². The molecule has 3 rings (SSSR count). The van der Waals surface area contributed by atoms with E-state index in [9.17, 15) is 9.59 Å². The lowest BCUT2D eigenvalue weighted by atomic mass is 9.97. The molecule has 0 bridgehead atoms. The summed E-state index contributed by atoms with van der Waals surface area (Å²) in [6, 6.07) is 13.7. The van der Waals surface area contributed by atoms with Crippen LogP contribution >= 0.6 is 0 Å². The Labute approximate surface area is 153 Å². The van der Waals surface area contributed by atoms with Crippen LogP contribution in [0.5, 0.6) is 0 Å². The van der Waals surface area contributed by atoms with E-state index in [4.69, 9.17) is 5.26 Å². The van der Waals surface area contributed by atoms with Gasteiger partial charge in [0, 0.05) is 25.2 Å². The van der Waals surface area contributed by atoms with Crippen LogP contribution in [0.2, 0.25) is 0 Å². The molecule has 2 heterocycles. The van der Waals surface area contributed by atoms with Gasteiger partial charge in [-0.25, -0.2) is 0 Å². The van der Waals surface area contributed by atoms with E-state index in [1.807, 2.05) is 43.3 Å². The Morgan fingerprint density at radius 1 is 1.19 bits per heavy atom. The molecule has 1 saturated heterocycles. The van der Waals surface area contributed by atoms with Crippen LogP contribution in [-0.2, 0) is 0 Å². The van der Waals surface area contributed by atoms with Crippen LogP contribution in [-0.4, -0.2) is 28.5 Å². The molecule has 134 valence electrons. The number of hydrogen-bond acceptors (Lipinski definition) is 3. The fourth-order valence-electron chi connectivity index (χ4n) is 3.47. The summed E-state index contributed by atoms with van der Waals surface area (Å²) in [7, 11) is 0. The van der Waals surface area contributed by atoms with Crippen molar-refractivity contribution >= 4 is 5.91 Å². The van der Waals surface area contributed by atoms with Gasteiger partial charge in [0.05, 0.1) is 12.1 Å². The van der Waals surface area contributed by atoms with Gasteiger partial charge >= 0.3 is 0 Å². The molecule has 26 heavy (non-hydrogen) atoms. The van der Waals surface area contributed by atoms with Crippen LogP contribution in [0.15, 0.2) is 47.4 Å². The van der Waals surface area contributed by atoms with Gasteiger partial charge in [-0.05, 0) is 43.9 Å². The van der Waals surface area contributed by atoms with Gasteiger partial charge in [-0.2, -0.15) is 5.26 Å². The topological polar surface area (TPSA) is 66.1 Å². The number of amides is 1. The first-order chi connectivity index (χ1) is 12.5. The molecular formula is C21H23N3O2. The summed E-state index contributed by atoms with van der Waals surface area (Å²) in [5, 5.41) is 9.02. The summed E-state index contributed by atoms with van der Waals surface area (Å²) < 4.78 is 1.62. The average molecular weight is 349 g/mol. The predicted octanol–water partition coefficient (Wildman–Crippen LogP) is 3.14. The van der Waals surface area contributed by atoms with Crippen molar-refractivity contribution in [2.75, 3.05) is 13.1 Å². The van der Waals surface area contributed by atoms with Crippen molar-refractivity contribution in [3.05, 3.63) is 69.6 Å². The molecule has 0 saturated carbocycles. The number of pyridine rings is 1. The molecule has 1 fully saturated rings. The number of hydrogen-bond donors (Lipinski definition) is 0. The molecule has 1 amide bonds. The van der Waals surface area contributed by atoms with Crippen molar-refractivity contribution < 1.29 is 4.79 Å². The number of carbonyl (C=O) groups is 1. The highest BCUT2D eigenvalue weighted by molar-refractivity contribution is 5.95. The Kier molecular flexibility index (Phi) is 5.22. The zero-order valence-corrected chi connectivity index (χ0v) is 15.2. The van der Waals surface area contributed by atoms with Gasteiger partial charge in [-0.1, -0.05) is 30.3 Å². The van der Waals surface area contributed by atoms with Crippen molar-refractivity contribution in [3.8, 4) is 6.07 Å². The number of aryl methyl sites for hydroxylation is 1. The minimum Gasteiger partial charge on any atom is -0.338 e. The van der Waals surface area contributed by atoms with Gasteiger partial charge in [-0.15, -0.1) is 0 Å². The summed E-state index contributed by atoms with van der Waals surface area (Å²) in [6.45, 7) is 4.81. The lowest BCUT2D eigenvalue weighted by Gasteiger charge is -2.29. The van der Waals surface area contributed by atoms with Crippen LogP contribution in [0.4, 0.5) is 0 Å². The smallest absolute Gasteiger partial charge is 0.264 e. The highest BCUT2D eigenvalue weighted by atomic mass is 16.2. The fraction of sp³-hybridized carbons (Fsp3) is 0.381. The van der Waals surface area contributed by atoms with Crippen molar-refractivity contribution in [2.24, 2.45) is 5.92 Å². The second kappa shape index (κ2) is 7.57. The fourth-order valence-corrected chi connectivity index (χ4v) is 3.47. The molecule has 5 nitrogen and oxygen atoms in total. The quantitative estimate of drug-likeness (QED) is 0.855. The van der Waals surface area contributed by atoms with Gasteiger partial charge in [0.1, 0.15) is 5.56 Å². The SMILES string of the molecule is Cc1ccn(C(C)c2ccccc2)c(=O)c1C(=O)N1CCC(C#N)CC1. The van der Waals surface area contributed by atoms with E-state index in [0.717, 1.165) is 5.56 Å². The maximum absolute atomic E-state index is 13.1. The minimum absolute atomic E-state index is 0.00526. The molecule has 1 aliphatic rings. The summed E-state index contributed by atoms with van der Waals surface area (Å²) in [4.78, 5) is 27.8. The summed E-state index contributed by atoms with van der Waals surface area (Å²) in [5.41, 5.74) is 1.70. The first-order valence-corrected chi connectivity index (χ1v) is 8.98. The number of rotatable bonds is 3. The van der Waals surface area contributed by atoms with Crippen LogP contribution in [0.3, 0.4) is 0 Å². The second-order valence-electron chi connectivity index (χ2n) is 6.87. The van der Waals surface area contributed by atoms with E-state index in [1.165, 1.54) is 0 Å². The lowest BCUT2D eigenvalue weighted by Crippen LogP contribution is -2.42. The van der Waals surface area contributed by atoms with Gasteiger partial charge in [0.25, 0.3) is 11.5 Å². The van der Waals surface area contributed by atoms with Crippen molar-refractivity contribution in [2.45, 2.75) is 32.7 Å². The number of nitrogens with zero attached hydrogens (tertiary/aromatic N) is 3. The zero-order chi connectivity index (χ0) is 18.7. The summed E-state index contributed by atoms with van der Waals surface area (Å²) in [6.07, 6.45) is 3.10.